The maximum Gasteiger partial charge on any atom is 0.410 e. The molecule has 20 heavy (non-hydrogen) atoms. The van der Waals surface area contributed by atoms with Gasteiger partial charge in [0.2, 0.25) is 5.91 Å². The molecule has 1 spiro atoms. The first-order valence-corrected chi connectivity index (χ1v) is 7.18. The molecule has 6 nitrogen and oxygen atoms in total. The van der Waals surface area contributed by atoms with Crippen LogP contribution in [0.1, 0.15) is 40.0 Å². The summed E-state index contributed by atoms with van der Waals surface area (Å²) >= 11 is 0. The van der Waals surface area contributed by atoms with Crippen molar-refractivity contribution in [3.8, 4) is 0 Å². The van der Waals surface area contributed by atoms with Crippen molar-refractivity contribution in [1.29, 1.82) is 0 Å². The monoisotopic (exact) mass is 284 g/mol. The topological polar surface area (TPSA) is 67.9 Å². The minimum Gasteiger partial charge on any atom is -0.444 e. The summed E-state index contributed by atoms with van der Waals surface area (Å²) in [6.07, 6.45) is 2.04. The van der Waals surface area contributed by atoms with Crippen LogP contribution < -0.4 is 5.32 Å². The van der Waals surface area contributed by atoms with E-state index in [0.717, 1.165) is 19.3 Å². The molecule has 6 heteroatoms. The van der Waals surface area contributed by atoms with Crippen LogP contribution in [0.25, 0.3) is 0 Å². The number of carbonyl (C=O) groups is 2. The molecule has 0 radical (unpaired) electrons. The van der Waals surface area contributed by atoms with Gasteiger partial charge in [0.15, 0.2) is 0 Å². The van der Waals surface area contributed by atoms with E-state index >= 15 is 0 Å². The number of hydrogen-bond donors (Lipinski definition) is 1. The molecule has 2 aliphatic heterocycles. The van der Waals surface area contributed by atoms with Gasteiger partial charge in [-0.05, 0) is 40.0 Å². The first kappa shape index (κ1) is 15.1. The molecule has 0 aliphatic carbocycles. The van der Waals surface area contributed by atoms with Gasteiger partial charge >= 0.3 is 6.09 Å². The normalized spacial score (nSPS) is 23.1. The maximum absolute atomic E-state index is 12.0. The fourth-order valence-corrected chi connectivity index (χ4v) is 2.59. The summed E-state index contributed by atoms with van der Waals surface area (Å²) in [6.45, 7) is 7.58. The van der Waals surface area contributed by atoms with Crippen LogP contribution >= 0.6 is 0 Å². The quantitative estimate of drug-likeness (QED) is 0.728. The minimum absolute atomic E-state index is 0.0588. The van der Waals surface area contributed by atoms with Gasteiger partial charge in [0.1, 0.15) is 12.2 Å². The Kier molecular flexibility index (Phi) is 4.22. The third-order valence-corrected chi connectivity index (χ3v) is 3.74. The van der Waals surface area contributed by atoms with Gasteiger partial charge in [-0.2, -0.15) is 0 Å². The smallest absolute Gasteiger partial charge is 0.410 e. The predicted octanol–water partition coefficient (Wildman–Crippen LogP) is 1.29. The molecule has 2 amide bonds. The Morgan fingerprint density at radius 2 is 1.95 bits per heavy atom. The van der Waals surface area contributed by atoms with Crippen molar-refractivity contribution in [3.05, 3.63) is 0 Å². The standard InChI is InChI=1S/C14H24N2O4/c1-13(2,3)20-12(18)16-8-5-14(6-9-16)4-7-15-11(17)10-19-14/h4-10H2,1-3H3,(H,15,17). The van der Waals surface area contributed by atoms with Crippen molar-refractivity contribution in [2.24, 2.45) is 0 Å². The van der Waals surface area contributed by atoms with E-state index in [1.54, 1.807) is 4.90 Å². The van der Waals surface area contributed by atoms with Gasteiger partial charge in [-0.1, -0.05) is 0 Å². The molecule has 2 saturated heterocycles. The van der Waals surface area contributed by atoms with E-state index in [9.17, 15) is 9.59 Å². The van der Waals surface area contributed by atoms with Crippen molar-refractivity contribution >= 4 is 12.0 Å². The second kappa shape index (κ2) is 5.60. The van der Waals surface area contributed by atoms with Gasteiger partial charge in [0, 0.05) is 19.6 Å². The third kappa shape index (κ3) is 3.85. The van der Waals surface area contributed by atoms with Gasteiger partial charge < -0.3 is 19.7 Å². The van der Waals surface area contributed by atoms with Crippen LogP contribution in [0.4, 0.5) is 4.79 Å². The number of likely N-dealkylation sites (tertiary alicyclic amines) is 1. The Labute approximate surface area is 119 Å². The van der Waals surface area contributed by atoms with Crippen LogP contribution in [0.3, 0.4) is 0 Å². The Morgan fingerprint density at radius 1 is 1.30 bits per heavy atom. The lowest BCUT2D eigenvalue weighted by atomic mass is 9.88. The lowest BCUT2D eigenvalue weighted by molar-refractivity contribution is -0.133. The molecule has 2 heterocycles. The molecule has 0 aromatic heterocycles. The molecule has 0 aromatic carbocycles. The van der Waals surface area contributed by atoms with E-state index < -0.39 is 5.60 Å². The molecule has 2 fully saturated rings. The number of carbonyl (C=O) groups excluding carboxylic acids is 2. The predicted molar refractivity (Wildman–Crippen MR) is 73.4 cm³/mol. The average molecular weight is 284 g/mol. The molecule has 1 N–H and O–H groups in total. The molecular weight excluding hydrogens is 260 g/mol. The van der Waals surface area contributed by atoms with E-state index in [1.807, 2.05) is 20.8 Å². The second-order valence-electron chi connectivity index (χ2n) is 6.54. The van der Waals surface area contributed by atoms with Crippen LogP contribution in [0.5, 0.6) is 0 Å². The lowest BCUT2D eigenvalue weighted by Crippen LogP contribution is -2.49. The van der Waals surface area contributed by atoms with E-state index in [4.69, 9.17) is 9.47 Å². The van der Waals surface area contributed by atoms with Gasteiger partial charge in [-0.3, -0.25) is 4.79 Å². The van der Waals surface area contributed by atoms with Gasteiger partial charge in [-0.25, -0.2) is 4.79 Å². The van der Waals surface area contributed by atoms with Crippen LogP contribution in [-0.4, -0.2) is 54.3 Å². The molecular formula is C14H24N2O4. The van der Waals surface area contributed by atoms with Gasteiger partial charge in [0.05, 0.1) is 5.60 Å². The van der Waals surface area contributed by atoms with Crippen LogP contribution in [-0.2, 0) is 14.3 Å². The summed E-state index contributed by atoms with van der Waals surface area (Å²) < 4.78 is 11.2. The van der Waals surface area contributed by atoms with Crippen LogP contribution in [0.2, 0.25) is 0 Å². The number of rotatable bonds is 0. The summed E-state index contributed by atoms with van der Waals surface area (Å²) in [5.74, 6) is -0.0588. The van der Waals surface area contributed by atoms with Crippen molar-refractivity contribution < 1.29 is 19.1 Å². The largest absolute Gasteiger partial charge is 0.444 e. The summed E-state index contributed by atoms with van der Waals surface area (Å²) in [6, 6.07) is 0. The van der Waals surface area contributed by atoms with Gasteiger partial charge in [0.25, 0.3) is 0 Å². The average Bonchev–Trinajstić information content (AvgIpc) is 2.51. The Hall–Kier alpha value is -1.30. The van der Waals surface area contributed by atoms with Gasteiger partial charge in [-0.15, -0.1) is 0 Å². The zero-order valence-electron chi connectivity index (χ0n) is 12.5. The zero-order valence-corrected chi connectivity index (χ0v) is 12.5. The number of nitrogens with one attached hydrogen (secondary N) is 1. The highest BCUT2D eigenvalue weighted by atomic mass is 16.6. The van der Waals surface area contributed by atoms with Crippen molar-refractivity contribution in [2.45, 2.75) is 51.2 Å². The highest BCUT2D eigenvalue weighted by Crippen LogP contribution is 2.31. The van der Waals surface area contributed by atoms with E-state index in [2.05, 4.69) is 5.32 Å². The number of amides is 2. The molecule has 0 atom stereocenters. The lowest BCUT2D eigenvalue weighted by Gasteiger charge is -2.40. The number of nitrogens with zero attached hydrogens (tertiary/aromatic N) is 1. The van der Waals surface area contributed by atoms with Crippen LogP contribution in [0.15, 0.2) is 0 Å². The molecule has 0 bridgehead atoms. The third-order valence-electron chi connectivity index (χ3n) is 3.74. The maximum atomic E-state index is 12.0. The summed E-state index contributed by atoms with van der Waals surface area (Å²) in [5.41, 5.74) is -0.737. The van der Waals surface area contributed by atoms with Crippen molar-refractivity contribution in [3.63, 3.8) is 0 Å². The molecule has 2 aliphatic rings. The second-order valence-corrected chi connectivity index (χ2v) is 6.54. The first-order valence-electron chi connectivity index (χ1n) is 7.18. The van der Waals surface area contributed by atoms with E-state index in [-0.39, 0.29) is 24.2 Å². The number of hydrogen-bond acceptors (Lipinski definition) is 4. The minimum atomic E-state index is -0.471. The number of ether oxygens (including phenoxy) is 2. The van der Waals surface area contributed by atoms with E-state index in [1.165, 1.54) is 0 Å². The molecule has 2 rings (SSSR count). The SMILES string of the molecule is CC(C)(C)OC(=O)N1CCC2(CCNC(=O)CO2)CC1. The van der Waals surface area contributed by atoms with Crippen molar-refractivity contribution in [2.75, 3.05) is 26.2 Å². The molecule has 114 valence electrons. The molecule has 0 saturated carbocycles. The Morgan fingerprint density at radius 3 is 2.55 bits per heavy atom. The molecule has 0 unspecified atom stereocenters. The summed E-state index contributed by atoms with van der Waals surface area (Å²) in [4.78, 5) is 25.0. The molecule has 0 aromatic rings. The Balaban J connectivity index is 1.88. The summed E-state index contributed by atoms with van der Waals surface area (Å²) in [5, 5.41) is 2.81. The highest BCUT2D eigenvalue weighted by Gasteiger charge is 2.39. The Bertz CT molecular complexity index is 381. The highest BCUT2D eigenvalue weighted by molar-refractivity contribution is 5.77. The summed E-state index contributed by atoms with van der Waals surface area (Å²) in [7, 11) is 0. The number of piperidine rings is 1. The van der Waals surface area contributed by atoms with E-state index in [0.29, 0.717) is 19.6 Å². The fraction of sp³-hybridized carbons (Fsp3) is 0.857. The zero-order chi connectivity index (χ0) is 14.8. The first-order chi connectivity index (χ1) is 9.30. The van der Waals surface area contributed by atoms with Crippen LogP contribution in [0, 0.1) is 0 Å². The van der Waals surface area contributed by atoms with Crippen molar-refractivity contribution in [1.82, 2.24) is 10.2 Å². The fourth-order valence-electron chi connectivity index (χ4n) is 2.59.